The van der Waals surface area contributed by atoms with Crippen LogP contribution in [0.1, 0.15) is 12.5 Å². The second-order valence-electron chi connectivity index (χ2n) is 4.42. The number of hydrogen-bond donors (Lipinski definition) is 1. The fourth-order valence-corrected chi connectivity index (χ4v) is 3.76. The maximum Gasteiger partial charge on any atom is 0.402 e. The molecule has 0 spiro atoms. The minimum absolute atomic E-state index is 0.176. The van der Waals surface area contributed by atoms with Crippen LogP contribution in [-0.2, 0) is 16.6 Å². The fraction of sp³-hybridized carbons (Fsp3) is 0.500. The molecule has 0 amide bonds. The van der Waals surface area contributed by atoms with Crippen LogP contribution in [0.5, 0.6) is 0 Å². The Morgan fingerprint density at radius 2 is 1.95 bits per heavy atom. The molecule has 1 aromatic carbocycles. The molecule has 0 aliphatic carbocycles. The highest BCUT2D eigenvalue weighted by atomic mass is 79.9. The average molecular weight is 389 g/mol. The van der Waals surface area contributed by atoms with Gasteiger partial charge < -0.3 is 5.32 Å². The second-order valence-corrected chi connectivity index (χ2v) is 7.29. The first-order valence-corrected chi connectivity index (χ1v) is 8.33. The van der Waals surface area contributed by atoms with Gasteiger partial charge in [-0.2, -0.15) is 17.5 Å². The Morgan fingerprint density at radius 1 is 1.33 bits per heavy atom. The number of benzene rings is 1. The van der Waals surface area contributed by atoms with Gasteiger partial charge in [-0.25, -0.2) is 8.42 Å². The quantitative estimate of drug-likeness (QED) is 0.814. The third-order valence-electron chi connectivity index (χ3n) is 2.66. The van der Waals surface area contributed by atoms with Crippen molar-refractivity contribution in [3.8, 4) is 0 Å². The maximum atomic E-state index is 12.4. The summed E-state index contributed by atoms with van der Waals surface area (Å²) >= 11 is 3.07. The van der Waals surface area contributed by atoms with E-state index in [1.807, 2.05) is 6.92 Å². The summed E-state index contributed by atoms with van der Waals surface area (Å²) in [5.41, 5.74) is 0.680. The van der Waals surface area contributed by atoms with Crippen molar-refractivity contribution in [1.29, 1.82) is 0 Å². The lowest BCUT2D eigenvalue weighted by atomic mass is 10.2. The summed E-state index contributed by atoms with van der Waals surface area (Å²) in [6.07, 6.45) is -4.59. The maximum absolute atomic E-state index is 12.4. The molecule has 0 radical (unpaired) electrons. The molecule has 120 valence electrons. The van der Waals surface area contributed by atoms with Gasteiger partial charge in [-0.3, -0.25) is 0 Å². The number of halogens is 4. The van der Waals surface area contributed by atoms with Crippen molar-refractivity contribution in [2.75, 3.05) is 20.1 Å². The Labute approximate surface area is 130 Å². The first-order chi connectivity index (χ1) is 9.58. The first kappa shape index (κ1) is 18.4. The van der Waals surface area contributed by atoms with Crippen molar-refractivity contribution in [2.45, 2.75) is 24.5 Å². The van der Waals surface area contributed by atoms with E-state index in [-0.39, 0.29) is 9.37 Å². The third-order valence-corrected chi connectivity index (χ3v) is 5.46. The van der Waals surface area contributed by atoms with Gasteiger partial charge in [-0.1, -0.05) is 13.0 Å². The van der Waals surface area contributed by atoms with Crippen molar-refractivity contribution in [2.24, 2.45) is 0 Å². The standard InChI is InChI=1S/C12H16BrF3N2O2S/c1-3-17-7-9-4-5-10(13)11(6-9)21(19,20)18(2)8-12(14,15)16/h4-6,17H,3,7-8H2,1-2H3. The van der Waals surface area contributed by atoms with Crippen LogP contribution in [-0.4, -0.2) is 39.0 Å². The van der Waals surface area contributed by atoms with Crippen molar-refractivity contribution in [3.05, 3.63) is 28.2 Å². The van der Waals surface area contributed by atoms with E-state index in [4.69, 9.17) is 0 Å². The molecule has 0 atom stereocenters. The molecule has 0 aromatic heterocycles. The number of sulfonamides is 1. The van der Waals surface area contributed by atoms with E-state index >= 15 is 0 Å². The summed E-state index contributed by atoms with van der Waals surface area (Å²) in [5, 5.41) is 3.03. The summed E-state index contributed by atoms with van der Waals surface area (Å²) < 4.78 is 62.1. The van der Waals surface area contributed by atoms with Gasteiger partial charge in [0.2, 0.25) is 10.0 Å². The highest BCUT2D eigenvalue weighted by Gasteiger charge is 2.35. The van der Waals surface area contributed by atoms with E-state index in [0.717, 1.165) is 7.05 Å². The van der Waals surface area contributed by atoms with Crippen LogP contribution in [0, 0.1) is 0 Å². The molecular weight excluding hydrogens is 373 g/mol. The molecular formula is C12H16BrF3N2O2S. The second kappa shape index (κ2) is 7.08. The van der Waals surface area contributed by atoms with Crippen molar-refractivity contribution in [1.82, 2.24) is 9.62 Å². The normalized spacial score (nSPS) is 12.9. The molecule has 0 bridgehead atoms. The van der Waals surface area contributed by atoms with Crippen LogP contribution < -0.4 is 5.32 Å². The Bertz CT molecular complexity index is 591. The summed E-state index contributed by atoms with van der Waals surface area (Å²) in [4.78, 5) is -0.176. The predicted octanol–water partition coefficient (Wildman–Crippen LogP) is 2.74. The van der Waals surface area contributed by atoms with Crippen LogP contribution in [0.3, 0.4) is 0 Å². The largest absolute Gasteiger partial charge is 0.402 e. The number of nitrogens with zero attached hydrogens (tertiary/aromatic N) is 1. The minimum atomic E-state index is -4.59. The van der Waals surface area contributed by atoms with Gasteiger partial charge in [0.25, 0.3) is 0 Å². The zero-order valence-corrected chi connectivity index (χ0v) is 13.9. The molecule has 0 fully saturated rings. The molecule has 9 heteroatoms. The Balaban J connectivity index is 3.12. The van der Waals surface area contributed by atoms with Crippen LogP contribution >= 0.6 is 15.9 Å². The molecule has 0 heterocycles. The predicted molar refractivity (Wildman–Crippen MR) is 77.4 cm³/mol. The number of hydrogen-bond acceptors (Lipinski definition) is 3. The van der Waals surface area contributed by atoms with Gasteiger partial charge in [0, 0.05) is 18.1 Å². The van der Waals surface area contributed by atoms with Gasteiger partial charge in [0.15, 0.2) is 0 Å². The van der Waals surface area contributed by atoms with Crippen LogP contribution in [0.15, 0.2) is 27.6 Å². The summed E-state index contributed by atoms with van der Waals surface area (Å²) in [7, 11) is -3.30. The molecule has 1 N–H and O–H groups in total. The van der Waals surface area contributed by atoms with Crippen molar-refractivity contribution < 1.29 is 21.6 Å². The molecule has 0 unspecified atom stereocenters. The lowest BCUT2D eigenvalue weighted by Crippen LogP contribution is -2.36. The molecule has 0 saturated carbocycles. The SMILES string of the molecule is CCNCc1ccc(Br)c(S(=O)(=O)N(C)CC(F)(F)F)c1. The van der Waals surface area contributed by atoms with Gasteiger partial charge in [0.05, 0.1) is 4.90 Å². The van der Waals surface area contributed by atoms with Gasteiger partial charge in [-0.15, -0.1) is 0 Å². The Morgan fingerprint density at radius 3 is 2.48 bits per heavy atom. The molecule has 4 nitrogen and oxygen atoms in total. The van der Waals surface area contributed by atoms with Crippen LogP contribution in [0.25, 0.3) is 0 Å². The van der Waals surface area contributed by atoms with E-state index in [2.05, 4.69) is 21.2 Å². The zero-order chi connectivity index (χ0) is 16.3. The van der Waals surface area contributed by atoms with E-state index in [9.17, 15) is 21.6 Å². The van der Waals surface area contributed by atoms with E-state index < -0.39 is 22.7 Å². The highest BCUT2D eigenvalue weighted by molar-refractivity contribution is 9.10. The fourth-order valence-electron chi connectivity index (χ4n) is 1.63. The van der Waals surface area contributed by atoms with Crippen LogP contribution in [0.4, 0.5) is 13.2 Å². The monoisotopic (exact) mass is 388 g/mol. The topological polar surface area (TPSA) is 49.4 Å². The van der Waals surface area contributed by atoms with E-state index in [1.54, 1.807) is 6.07 Å². The smallest absolute Gasteiger partial charge is 0.313 e. The van der Waals surface area contributed by atoms with Gasteiger partial charge in [0.1, 0.15) is 6.54 Å². The van der Waals surface area contributed by atoms with Crippen molar-refractivity contribution >= 4 is 26.0 Å². The van der Waals surface area contributed by atoms with Gasteiger partial charge in [-0.05, 0) is 40.2 Å². The van der Waals surface area contributed by atoms with E-state index in [0.29, 0.717) is 23.0 Å². The molecule has 0 saturated heterocycles. The lowest BCUT2D eigenvalue weighted by molar-refractivity contribution is -0.134. The van der Waals surface area contributed by atoms with Gasteiger partial charge >= 0.3 is 6.18 Å². The molecule has 0 aliphatic rings. The zero-order valence-electron chi connectivity index (χ0n) is 11.5. The summed E-state index contributed by atoms with van der Waals surface area (Å²) in [6, 6.07) is 4.59. The van der Waals surface area contributed by atoms with Crippen molar-refractivity contribution in [3.63, 3.8) is 0 Å². The molecule has 21 heavy (non-hydrogen) atoms. The molecule has 1 aromatic rings. The average Bonchev–Trinajstić information content (AvgIpc) is 2.35. The Hall–Kier alpha value is -0.640. The summed E-state index contributed by atoms with van der Waals surface area (Å²) in [5.74, 6) is 0. The number of nitrogens with one attached hydrogen (secondary N) is 1. The van der Waals surface area contributed by atoms with Crippen LogP contribution in [0.2, 0.25) is 0 Å². The molecule has 0 aliphatic heterocycles. The minimum Gasteiger partial charge on any atom is -0.313 e. The Kier molecular flexibility index (Phi) is 6.21. The lowest BCUT2D eigenvalue weighted by Gasteiger charge is -2.20. The highest BCUT2D eigenvalue weighted by Crippen LogP contribution is 2.27. The number of rotatable bonds is 6. The summed E-state index contributed by atoms with van der Waals surface area (Å²) in [6.45, 7) is 1.51. The number of alkyl halides is 3. The first-order valence-electron chi connectivity index (χ1n) is 6.10. The van der Waals surface area contributed by atoms with E-state index in [1.165, 1.54) is 12.1 Å². The third kappa shape index (κ3) is 5.24. The molecule has 1 rings (SSSR count).